The third-order valence-electron chi connectivity index (χ3n) is 4.06. The zero-order chi connectivity index (χ0) is 15.2. The van der Waals surface area contributed by atoms with Gasteiger partial charge in [-0.1, -0.05) is 6.92 Å². The maximum Gasteiger partial charge on any atom is 0.244 e. The fourth-order valence-corrected chi connectivity index (χ4v) is 3.10. The summed E-state index contributed by atoms with van der Waals surface area (Å²) in [6.07, 6.45) is 5.87. The number of nitrogens with one attached hydrogen (secondary N) is 1. The van der Waals surface area contributed by atoms with Gasteiger partial charge >= 0.3 is 0 Å². The van der Waals surface area contributed by atoms with Crippen LogP contribution in [0.1, 0.15) is 37.4 Å². The van der Waals surface area contributed by atoms with E-state index in [9.17, 15) is 4.79 Å². The number of amides is 1. The number of rotatable bonds is 5. The third-order valence-corrected chi connectivity index (χ3v) is 4.85. The van der Waals surface area contributed by atoms with Gasteiger partial charge in [-0.25, -0.2) is 4.98 Å². The van der Waals surface area contributed by atoms with E-state index in [2.05, 4.69) is 29.0 Å². The molecular weight excluding hydrogens is 282 g/mol. The van der Waals surface area contributed by atoms with E-state index in [0.717, 1.165) is 29.7 Å². The molecule has 116 valence electrons. The predicted octanol–water partition coefficient (Wildman–Crippen LogP) is 2.70. The lowest BCUT2D eigenvalue weighted by molar-refractivity contribution is -0.116. The van der Waals surface area contributed by atoms with Crippen molar-refractivity contribution >= 4 is 23.3 Å². The molecule has 0 spiro atoms. The SMILES string of the molecule is Cc1nc(/C=C/C(=O)NC[C@H](C)N2CCC(C)CC2)cs1. The zero-order valence-electron chi connectivity index (χ0n) is 13.1. The van der Waals surface area contributed by atoms with Crippen LogP contribution in [-0.4, -0.2) is 41.5 Å². The van der Waals surface area contributed by atoms with E-state index in [4.69, 9.17) is 0 Å². The van der Waals surface area contributed by atoms with Crippen molar-refractivity contribution in [3.63, 3.8) is 0 Å². The summed E-state index contributed by atoms with van der Waals surface area (Å²) in [5, 5.41) is 5.95. The van der Waals surface area contributed by atoms with E-state index in [-0.39, 0.29) is 5.91 Å². The lowest BCUT2D eigenvalue weighted by Crippen LogP contribution is -2.45. The van der Waals surface area contributed by atoms with Gasteiger partial charge in [-0.2, -0.15) is 0 Å². The number of aromatic nitrogens is 1. The molecule has 0 aliphatic carbocycles. The average Bonchev–Trinajstić information content (AvgIpc) is 2.89. The Kier molecular flexibility index (Phi) is 5.94. The van der Waals surface area contributed by atoms with Crippen LogP contribution in [0.3, 0.4) is 0 Å². The second kappa shape index (κ2) is 7.71. The van der Waals surface area contributed by atoms with Gasteiger partial charge in [0.2, 0.25) is 5.91 Å². The van der Waals surface area contributed by atoms with Crippen molar-refractivity contribution in [2.24, 2.45) is 5.92 Å². The van der Waals surface area contributed by atoms with Crippen molar-refractivity contribution in [3.8, 4) is 0 Å². The van der Waals surface area contributed by atoms with Gasteiger partial charge in [-0.3, -0.25) is 9.69 Å². The molecule has 0 saturated carbocycles. The molecule has 1 atom stereocenters. The van der Waals surface area contributed by atoms with Crippen LogP contribution < -0.4 is 5.32 Å². The largest absolute Gasteiger partial charge is 0.351 e. The van der Waals surface area contributed by atoms with E-state index in [1.807, 2.05) is 12.3 Å². The molecule has 0 bridgehead atoms. The highest BCUT2D eigenvalue weighted by molar-refractivity contribution is 7.09. The molecule has 1 saturated heterocycles. The highest BCUT2D eigenvalue weighted by atomic mass is 32.1. The van der Waals surface area contributed by atoms with E-state index in [1.54, 1.807) is 23.5 Å². The lowest BCUT2D eigenvalue weighted by Gasteiger charge is -2.34. The number of aryl methyl sites for hydroxylation is 1. The lowest BCUT2D eigenvalue weighted by atomic mass is 9.98. The third kappa shape index (κ3) is 5.25. The maximum absolute atomic E-state index is 11.8. The Balaban J connectivity index is 1.72. The number of piperidine rings is 1. The van der Waals surface area contributed by atoms with Crippen LogP contribution in [0.25, 0.3) is 6.08 Å². The molecule has 0 radical (unpaired) electrons. The summed E-state index contributed by atoms with van der Waals surface area (Å²) in [6, 6.07) is 0.399. The van der Waals surface area contributed by atoms with Gasteiger partial charge in [-0.15, -0.1) is 11.3 Å². The minimum atomic E-state index is -0.0436. The molecular formula is C16H25N3OS. The van der Waals surface area contributed by atoms with Crippen molar-refractivity contribution in [1.82, 2.24) is 15.2 Å². The minimum absolute atomic E-state index is 0.0436. The molecule has 1 fully saturated rings. The van der Waals surface area contributed by atoms with Gasteiger partial charge in [-0.05, 0) is 51.8 Å². The number of carbonyl (C=O) groups excluding carboxylic acids is 1. The molecule has 1 amide bonds. The summed E-state index contributed by atoms with van der Waals surface area (Å²) in [4.78, 5) is 18.6. The van der Waals surface area contributed by atoms with E-state index in [0.29, 0.717) is 12.6 Å². The number of hydrogen-bond donors (Lipinski definition) is 1. The Morgan fingerprint density at radius 3 is 2.90 bits per heavy atom. The van der Waals surface area contributed by atoms with E-state index >= 15 is 0 Å². The van der Waals surface area contributed by atoms with Crippen molar-refractivity contribution < 1.29 is 4.79 Å². The number of hydrogen-bond acceptors (Lipinski definition) is 4. The molecule has 2 heterocycles. The first-order valence-corrected chi connectivity index (χ1v) is 8.54. The predicted molar refractivity (Wildman–Crippen MR) is 88.3 cm³/mol. The van der Waals surface area contributed by atoms with Gasteiger partial charge in [0.05, 0.1) is 10.7 Å². The van der Waals surface area contributed by atoms with Gasteiger partial charge in [0, 0.05) is 24.0 Å². The van der Waals surface area contributed by atoms with Crippen LogP contribution >= 0.6 is 11.3 Å². The molecule has 1 aliphatic rings. The second-order valence-corrected chi connectivity index (χ2v) is 7.00. The Morgan fingerprint density at radius 1 is 1.57 bits per heavy atom. The minimum Gasteiger partial charge on any atom is -0.351 e. The van der Waals surface area contributed by atoms with Crippen molar-refractivity contribution in [2.45, 2.75) is 39.7 Å². The topological polar surface area (TPSA) is 45.2 Å². The summed E-state index contributed by atoms with van der Waals surface area (Å²) in [6.45, 7) is 9.45. The number of likely N-dealkylation sites (tertiary alicyclic amines) is 1. The van der Waals surface area contributed by atoms with Crippen molar-refractivity contribution in [3.05, 3.63) is 22.2 Å². The summed E-state index contributed by atoms with van der Waals surface area (Å²) in [5.41, 5.74) is 0.853. The van der Waals surface area contributed by atoms with Crippen molar-refractivity contribution in [2.75, 3.05) is 19.6 Å². The van der Waals surface area contributed by atoms with E-state index in [1.165, 1.54) is 12.8 Å². The van der Waals surface area contributed by atoms with Crippen LogP contribution in [0.4, 0.5) is 0 Å². The number of thiazole rings is 1. The summed E-state index contributed by atoms with van der Waals surface area (Å²) in [7, 11) is 0. The molecule has 1 aromatic rings. The first-order valence-electron chi connectivity index (χ1n) is 7.66. The quantitative estimate of drug-likeness (QED) is 0.851. The molecule has 5 heteroatoms. The highest BCUT2D eigenvalue weighted by Crippen LogP contribution is 2.17. The molecule has 1 aliphatic heterocycles. The average molecular weight is 307 g/mol. The fraction of sp³-hybridized carbons (Fsp3) is 0.625. The Bertz CT molecular complexity index is 489. The normalized spacial score (nSPS) is 19.0. The van der Waals surface area contributed by atoms with Crippen LogP contribution in [0.15, 0.2) is 11.5 Å². The first kappa shape index (κ1) is 16.2. The molecule has 1 N–H and O–H groups in total. The Morgan fingerprint density at radius 2 is 2.29 bits per heavy atom. The maximum atomic E-state index is 11.8. The Hall–Kier alpha value is -1.20. The van der Waals surface area contributed by atoms with Gasteiger partial charge in [0.15, 0.2) is 0 Å². The molecule has 0 unspecified atom stereocenters. The highest BCUT2D eigenvalue weighted by Gasteiger charge is 2.20. The molecule has 4 nitrogen and oxygen atoms in total. The fourth-order valence-electron chi connectivity index (χ4n) is 2.52. The van der Waals surface area contributed by atoms with Crippen LogP contribution in [0, 0.1) is 12.8 Å². The van der Waals surface area contributed by atoms with E-state index < -0.39 is 0 Å². The monoisotopic (exact) mass is 307 g/mol. The van der Waals surface area contributed by atoms with Gasteiger partial charge in [0.25, 0.3) is 0 Å². The van der Waals surface area contributed by atoms with Crippen LogP contribution in [0.2, 0.25) is 0 Å². The number of carbonyl (C=O) groups is 1. The summed E-state index contributed by atoms with van der Waals surface area (Å²) < 4.78 is 0. The van der Waals surface area contributed by atoms with Crippen LogP contribution in [0.5, 0.6) is 0 Å². The zero-order valence-corrected chi connectivity index (χ0v) is 13.9. The summed E-state index contributed by atoms with van der Waals surface area (Å²) >= 11 is 1.59. The molecule has 21 heavy (non-hydrogen) atoms. The molecule has 2 rings (SSSR count). The van der Waals surface area contributed by atoms with Crippen molar-refractivity contribution in [1.29, 1.82) is 0 Å². The first-order chi connectivity index (χ1) is 10.0. The molecule has 0 aromatic carbocycles. The Labute approximate surface area is 131 Å². The number of nitrogens with zero attached hydrogens (tertiary/aromatic N) is 2. The summed E-state index contributed by atoms with van der Waals surface area (Å²) in [5.74, 6) is 0.797. The standard InChI is InChI=1S/C16H25N3OS/c1-12-6-8-19(9-7-12)13(2)10-17-16(20)5-4-15-11-21-14(3)18-15/h4-5,11-13H,6-10H2,1-3H3,(H,17,20)/b5-4+/t13-/m0/s1. The van der Waals surface area contributed by atoms with Crippen LogP contribution in [-0.2, 0) is 4.79 Å². The second-order valence-electron chi connectivity index (χ2n) is 5.94. The van der Waals surface area contributed by atoms with Gasteiger partial charge in [0.1, 0.15) is 0 Å². The van der Waals surface area contributed by atoms with Gasteiger partial charge < -0.3 is 5.32 Å². The smallest absolute Gasteiger partial charge is 0.244 e. The molecule has 1 aromatic heterocycles.